The van der Waals surface area contributed by atoms with E-state index in [2.05, 4.69) is 20.4 Å². The summed E-state index contributed by atoms with van der Waals surface area (Å²) >= 11 is 0. The van der Waals surface area contributed by atoms with Gasteiger partial charge in [0.15, 0.2) is 0 Å². The molecular weight excluding hydrogens is 224 g/mol. The predicted molar refractivity (Wildman–Crippen MR) is 73.2 cm³/mol. The second-order valence-corrected chi connectivity index (χ2v) is 6.13. The second kappa shape index (κ2) is 4.91. The van der Waals surface area contributed by atoms with Gasteiger partial charge in [0.05, 0.1) is 7.11 Å². The molecule has 0 saturated heterocycles. The van der Waals surface area contributed by atoms with Crippen LogP contribution >= 0.6 is 0 Å². The SMILES string of the molecule is C=C(C(=O)OC)[C@H]1CC[C@@]2(C)CCCC(C)=C2C1. The Morgan fingerprint density at radius 2 is 2.17 bits per heavy atom. The van der Waals surface area contributed by atoms with E-state index in [1.54, 1.807) is 11.1 Å². The normalized spacial score (nSPS) is 31.8. The molecule has 2 atom stereocenters. The van der Waals surface area contributed by atoms with Crippen molar-refractivity contribution in [2.24, 2.45) is 11.3 Å². The Labute approximate surface area is 110 Å². The minimum atomic E-state index is -0.238. The number of fused-ring (bicyclic) bond motifs is 1. The molecule has 0 aromatic carbocycles. The van der Waals surface area contributed by atoms with E-state index in [4.69, 9.17) is 4.74 Å². The quantitative estimate of drug-likeness (QED) is 0.419. The summed E-state index contributed by atoms with van der Waals surface area (Å²) in [6, 6.07) is 0. The molecule has 0 spiro atoms. The monoisotopic (exact) mass is 248 g/mol. The summed E-state index contributed by atoms with van der Waals surface area (Å²) < 4.78 is 4.80. The number of methoxy groups -OCH3 is 1. The maximum atomic E-state index is 11.6. The summed E-state index contributed by atoms with van der Waals surface area (Å²) in [5.41, 5.74) is 4.18. The molecule has 2 aliphatic rings. The van der Waals surface area contributed by atoms with Crippen LogP contribution in [-0.2, 0) is 9.53 Å². The number of ether oxygens (including phenoxy) is 1. The Bertz CT molecular complexity index is 405. The lowest BCUT2D eigenvalue weighted by molar-refractivity contribution is -0.136. The topological polar surface area (TPSA) is 26.3 Å². The van der Waals surface area contributed by atoms with E-state index >= 15 is 0 Å². The van der Waals surface area contributed by atoms with Crippen molar-refractivity contribution in [3.8, 4) is 0 Å². The molecule has 1 saturated carbocycles. The van der Waals surface area contributed by atoms with Crippen molar-refractivity contribution in [1.29, 1.82) is 0 Å². The van der Waals surface area contributed by atoms with Crippen LogP contribution in [0.15, 0.2) is 23.3 Å². The van der Waals surface area contributed by atoms with Gasteiger partial charge in [-0.1, -0.05) is 24.6 Å². The first-order valence-corrected chi connectivity index (χ1v) is 6.94. The first-order valence-electron chi connectivity index (χ1n) is 6.94. The molecule has 2 aliphatic carbocycles. The summed E-state index contributed by atoms with van der Waals surface area (Å²) in [7, 11) is 1.44. The lowest BCUT2D eigenvalue weighted by atomic mass is 9.61. The molecule has 2 rings (SSSR count). The maximum Gasteiger partial charge on any atom is 0.333 e. The van der Waals surface area contributed by atoms with Crippen molar-refractivity contribution in [1.82, 2.24) is 0 Å². The van der Waals surface area contributed by atoms with Gasteiger partial charge < -0.3 is 4.74 Å². The summed E-state index contributed by atoms with van der Waals surface area (Å²) in [4.78, 5) is 11.6. The van der Waals surface area contributed by atoms with Crippen LogP contribution in [0.1, 0.15) is 52.4 Å². The van der Waals surface area contributed by atoms with Crippen molar-refractivity contribution in [3.63, 3.8) is 0 Å². The van der Waals surface area contributed by atoms with E-state index < -0.39 is 0 Å². The first-order chi connectivity index (χ1) is 8.48. The van der Waals surface area contributed by atoms with Crippen LogP contribution in [0.4, 0.5) is 0 Å². The van der Waals surface area contributed by atoms with Gasteiger partial charge >= 0.3 is 5.97 Å². The Balaban J connectivity index is 2.18. The van der Waals surface area contributed by atoms with E-state index in [0.29, 0.717) is 11.0 Å². The van der Waals surface area contributed by atoms with E-state index in [0.717, 1.165) is 12.8 Å². The van der Waals surface area contributed by atoms with Crippen LogP contribution in [0.2, 0.25) is 0 Å². The summed E-state index contributed by atoms with van der Waals surface area (Å²) in [5.74, 6) is 0.0474. The number of allylic oxidation sites excluding steroid dienone is 2. The molecule has 0 N–H and O–H groups in total. The molecule has 0 aromatic heterocycles. The Morgan fingerprint density at radius 3 is 2.83 bits per heavy atom. The molecule has 2 heteroatoms. The van der Waals surface area contributed by atoms with Crippen LogP contribution in [0.3, 0.4) is 0 Å². The third-order valence-electron chi connectivity index (χ3n) is 4.96. The van der Waals surface area contributed by atoms with Crippen LogP contribution < -0.4 is 0 Å². The average molecular weight is 248 g/mol. The Kier molecular flexibility index (Phi) is 3.65. The largest absolute Gasteiger partial charge is 0.466 e. The van der Waals surface area contributed by atoms with Crippen LogP contribution in [0.25, 0.3) is 0 Å². The van der Waals surface area contributed by atoms with Gasteiger partial charge in [-0.05, 0) is 56.8 Å². The predicted octanol–water partition coefficient (Wildman–Crippen LogP) is 4.02. The third kappa shape index (κ3) is 2.25. The maximum absolute atomic E-state index is 11.6. The van der Waals surface area contributed by atoms with Gasteiger partial charge in [-0.15, -0.1) is 0 Å². The van der Waals surface area contributed by atoms with Crippen LogP contribution in [0, 0.1) is 11.3 Å². The Hall–Kier alpha value is -1.05. The highest BCUT2D eigenvalue weighted by molar-refractivity contribution is 5.88. The molecule has 1 fully saturated rings. The zero-order valence-corrected chi connectivity index (χ0v) is 11.8. The van der Waals surface area contributed by atoms with Gasteiger partial charge in [-0.2, -0.15) is 0 Å². The van der Waals surface area contributed by atoms with Gasteiger partial charge in [0.25, 0.3) is 0 Å². The molecule has 18 heavy (non-hydrogen) atoms. The van der Waals surface area contributed by atoms with Crippen LogP contribution in [0.5, 0.6) is 0 Å². The minimum Gasteiger partial charge on any atom is -0.466 e. The highest BCUT2D eigenvalue weighted by Crippen LogP contribution is 2.52. The van der Waals surface area contributed by atoms with E-state index in [1.165, 1.54) is 32.8 Å². The minimum absolute atomic E-state index is 0.238. The molecule has 2 nitrogen and oxygen atoms in total. The smallest absolute Gasteiger partial charge is 0.333 e. The standard InChI is InChI=1S/C16H24O2/c1-11-6-5-8-16(3)9-7-13(10-14(11)16)12(2)15(17)18-4/h13H,2,5-10H2,1,3-4H3/t13-,16+/m0/s1. The summed E-state index contributed by atoms with van der Waals surface area (Å²) in [5, 5.41) is 0. The number of rotatable bonds is 2. The van der Waals surface area contributed by atoms with Gasteiger partial charge in [-0.3, -0.25) is 0 Å². The van der Waals surface area contributed by atoms with E-state index in [-0.39, 0.29) is 11.9 Å². The highest BCUT2D eigenvalue weighted by Gasteiger charge is 2.39. The highest BCUT2D eigenvalue weighted by atomic mass is 16.5. The molecule has 0 aromatic rings. The fraction of sp³-hybridized carbons (Fsp3) is 0.688. The number of carbonyl (C=O) groups excluding carboxylic acids is 1. The van der Waals surface area contributed by atoms with Gasteiger partial charge in [-0.25, -0.2) is 4.79 Å². The summed E-state index contributed by atoms with van der Waals surface area (Å²) in [6.45, 7) is 8.59. The molecule has 0 aliphatic heterocycles. The molecule has 0 amide bonds. The molecular formula is C16H24O2. The first kappa shape index (κ1) is 13.4. The molecule has 0 unspecified atom stereocenters. The number of carbonyl (C=O) groups is 1. The van der Waals surface area contributed by atoms with E-state index in [1.807, 2.05) is 0 Å². The van der Waals surface area contributed by atoms with Crippen molar-refractivity contribution >= 4 is 5.97 Å². The Morgan fingerprint density at radius 1 is 1.44 bits per heavy atom. The summed E-state index contributed by atoms with van der Waals surface area (Å²) in [6.07, 6.45) is 7.10. The number of esters is 1. The number of hydrogen-bond acceptors (Lipinski definition) is 2. The lowest BCUT2D eigenvalue weighted by Gasteiger charge is -2.44. The second-order valence-electron chi connectivity index (χ2n) is 6.13. The van der Waals surface area contributed by atoms with E-state index in [9.17, 15) is 4.79 Å². The van der Waals surface area contributed by atoms with Gasteiger partial charge in [0.2, 0.25) is 0 Å². The number of hydrogen-bond donors (Lipinski definition) is 0. The van der Waals surface area contributed by atoms with Crippen LogP contribution in [-0.4, -0.2) is 13.1 Å². The van der Waals surface area contributed by atoms with Gasteiger partial charge in [0.1, 0.15) is 0 Å². The fourth-order valence-electron chi connectivity index (χ4n) is 3.69. The third-order valence-corrected chi connectivity index (χ3v) is 4.96. The average Bonchev–Trinajstić information content (AvgIpc) is 2.36. The lowest BCUT2D eigenvalue weighted by Crippen LogP contribution is -2.32. The molecule has 0 bridgehead atoms. The molecule has 100 valence electrons. The van der Waals surface area contributed by atoms with Crippen molar-refractivity contribution in [2.45, 2.75) is 52.4 Å². The molecule has 0 radical (unpaired) electrons. The van der Waals surface area contributed by atoms with Crippen molar-refractivity contribution in [3.05, 3.63) is 23.3 Å². The van der Waals surface area contributed by atoms with Crippen molar-refractivity contribution in [2.75, 3.05) is 7.11 Å². The van der Waals surface area contributed by atoms with Gasteiger partial charge in [0, 0.05) is 5.57 Å². The fourth-order valence-corrected chi connectivity index (χ4v) is 3.69. The zero-order chi connectivity index (χ0) is 13.3. The zero-order valence-electron chi connectivity index (χ0n) is 11.8. The van der Waals surface area contributed by atoms with Crippen molar-refractivity contribution < 1.29 is 9.53 Å². The molecule has 0 heterocycles.